The number of hydrogen-bond donors (Lipinski definition) is 2. The number of fused-ring (bicyclic) bond motifs is 1. The van der Waals surface area contributed by atoms with Crippen LogP contribution >= 0.6 is 11.3 Å². The number of thiophene rings is 1. The maximum absolute atomic E-state index is 13.1. The molecule has 33 heavy (non-hydrogen) atoms. The first-order valence-electron chi connectivity index (χ1n) is 11.4. The molecule has 1 fully saturated rings. The molecule has 0 saturated carbocycles. The molecule has 2 amide bonds. The van der Waals surface area contributed by atoms with Crippen molar-refractivity contribution in [1.82, 2.24) is 15.2 Å². The molecule has 3 heterocycles. The van der Waals surface area contributed by atoms with Gasteiger partial charge in [-0.2, -0.15) is 0 Å². The minimum atomic E-state index is -0.0585. The number of H-pyrrole nitrogens is 1. The Bertz CT molecular complexity index is 1220. The van der Waals surface area contributed by atoms with E-state index in [9.17, 15) is 9.59 Å². The number of amides is 2. The van der Waals surface area contributed by atoms with E-state index in [1.54, 1.807) is 0 Å². The highest BCUT2D eigenvalue weighted by Gasteiger charge is 2.29. The Labute approximate surface area is 197 Å². The Morgan fingerprint density at radius 1 is 1.00 bits per heavy atom. The molecule has 5 rings (SSSR count). The third-order valence-corrected chi connectivity index (χ3v) is 7.42. The summed E-state index contributed by atoms with van der Waals surface area (Å²) in [6.07, 6.45) is 3.46. The van der Waals surface area contributed by atoms with E-state index in [-0.39, 0.29) is 23.7 Å². The lowest BCUT2D eigenvalue weighted by Gasteiger charge is -2.31. The second kappa shape index (κ2) is 9.63. The van der Waals surface area contributed by atoms with Crippen molar-refractivity contribution < 1.29 is 9.59 Å². The molecule has 6 heteroatoms. The highest BCUT2D eigenvalue weighted by Crippen LogP contribution is 2.31. The molecule has 0 aliphatic carbocycles. The molecular weight excluding hydrogens is 430 g/mol. The Hall–Kier alpha value is -3.38. The van der Waals surface area contributed by atoms with Crippen LogP contribution in [0.4, 0.5) is 0 Å². The van der Waals surface area contributed by atoms with Crippen LogP contribution in [-0.2, 0) is 4.79 Å². The van der Waals surface area contributed by atoms with E-state index in [1.807, 2.05) is 52.7 Å². The van der Waals surface area contributed by atoms with E-state index in [0.717, 1.165) is 10.4 Å². The molecule has 0 bridgehead atoms. The molecule has 5 nitrogen and oxygen atoms in total. The number of aromatic amines is 1. The lowest BCUT2D eigenvalue weighted by atomic mass is 9.90. The number of carbonyl (C=O) groups is 2. The van der Waals surface area contributed by atoms with Gasteiger partial charge in [0.05, 0.1) is 4.88 Å². The Balaban J connectivity index is 1.25. The van der Waals surface area contributed by atoms with Crippen molar-refractivity contribution in [3.63, 3.8) is 0 Å². The number of aromatic nitrogens is 1. The van der Waals surface area contributed by atoms with Gasteiger partial charge in [-0.05, 0) is 41.5 Å². The van der Waals surface area contributed by atoms with Gasteiger partial charge in [0.1, 0.15) is 0 Å². The zero-order valence-corrected chi connectivity index (χ0v) is 19.2. The highest BCUT2D eigenvalue weighted by molar-refractivity contribution is 7.12. The molecule has 1 saturated heterocycles. The van der Waals surface area contributed by atoms with Crippen molar-refractivity contribution >= 4 is 34.1 Å². The molecule has 4 aromatic rings. The Kier molecular flexibility index (Phi) is 6.26. The van der Waals surface area contributed by atoms with E-state index >= 15 is 0 Å². The van der Waals surface area contributed by atoms with Crippen molar-refractivity contribution in [2.75, 3.05) is 19.6 Å². The number of hydrogen-bond acceptors (Lipinski definition) is 3. The summed E-state index contributed by atoms with van der Waals surface area (Å²) in [6.45, 7) is 1.79. The molecule has 1 aliphatic heterocycles. The van der Waals surface area contributed by atoms with Gasteiger partial charge in [0.2, 0.25) is 5.91 Å². The largest absolute Gasteiger partial charge is 0.361 e. The summed E-state index contributed by atoms with van der Waals surface area (Å²) < 4.78 is 0. The van der Waals surface area contributed by atoms with Crippen LogP contribution in [0.1, 0.15) is 39.6 Å². The number of likely N-dealkylation sites (tertiary alicyclic amines) is 1. The first kappa shape index (κ1) is 21.5. The lowest BCUT2D eigenvalue weighted by Crippen LogP contribution is -2.43. The zero-order valence-electron chi connectivity index (χ0n) is 18.4. The second-order valence-corrected chi connectivity index (χ2v) is 9.49. The first-order valence-corrected chi connectivity index (χ1v) is 12.3. The summed E-state index contributed by atoms with van der Waals surface area (Å²) in [4.78, 5) is 31.6. The summed E-state index contributed by atoms with van der Waals surface area (Å²) in [5.41, 5.74) is 3.47. The first-order chi connectivity index (χ1) is 16.2. The highest BCUT2D eigenvalue weighted by atomic mass is 32.1. The average Bonchev–Trinajstić information content (AvgIpc) is 3.55. The fourth-order valence-electron chi connectivity index (χ4n) is 4.72. The number of nitrogens with zero attached hydrogens (tertiary/aromatic N) is 1. The fraction of sp³-hybridized carbons (Fsp3) is 0.259. The van der Waals surface area contributed by atoms with Gasteiger partial charge in [-0.3, -0.25) is 9.59 Å². The van der Waals surface area contributed by atoms with Crippen molar-refractivity contribution in [3.05, 3.63) is 94.3 Å². The van der Waals surface area contributed by atoms with Crippen LogP contribution in [0.2, 0.25) is 0 Å². The average molecular weight is 458 g/mol. The minimum Gasteiger partial charge on any atom is -0.361 e. The van der Waals surface area contributed by atoms with Gasteiger partial charge in [-0.1, -0.05) is 54.6 Å². The molecule has 2 aromatic carbocycles. The number of para-hydroxylation sites is 1. The van der Waals surface area contributed by atoms with Crippen LogP contribution in [0.5, 0.6) is 0 Å². The van der Waals surface area contributed by atoms with Crippen molar-refractivity contribution in [2.45, 2.75) is 18.8 Å². The summed E-state index contributed by atoms with van der Waals surface area (Å²) >= 11 is 1.47. The van der Waals surface area contributed by atoms with Crippen molar-refractivity contribution in [2.24, 2.45) is 5.92 Å². The number of carbonyl (C=O) groups excluding carboxylic acids is 2. The monoisotopic (exact) mass is 457 g/mol. The minimum absolute atomic E-state index is 0.0585. The van der Waals surface area contributed by atoms with Crippen LogP contribution in [0, 0.1) is 5.92 Å². The Morgan fingerprint density at radius 3 is 2.52 bits per heavy atom. The molecule has 0 spiro atoms. The summed E-state index contributed by atoms with van der Waals surface area (Å²) in [6, 6.07) is 22.4. The van der Waals surface area contributed by atoms with Crippen LogP contribution < -0.4 is 5.32 Å². The van der Waals surface area contributed by atoms with Gasteiger partial charge >= 0.3 is 0 Å². The number of nitrogens with one attached hydrogen (secondary N) is 2. The van der Waals surface area contributed by atoms with Gasteiger partial charge in [0.25, 0.3) is 5.91 Å². The Morgan fingerprint density at radius 2 is 1.76 bits per heavy atom. The molecule has 2 aromatic heterocycles. The van der Waals surface area contributed by atoms with Crippen LogP contribution in [0.15, 0.2) is 78.3 Å². The molecule has 0 radical (unpaired) electrons. The van der Waals surface area contributed by atoms with Gasteiger partial charge < -0.3 is 15.2 Å². The zero-order chi connectivity index (χ0) is 22.6. The van der Waals surface area contributed by atoms with Gasteiger partial charge in [0, 0.05) is 48.6 Å². The van der Waals surface area contributed by atoms with Crippen molar-refractivity contribution in [1.29, 1.82) is 0 Å². The molecule has 1 unspecified atom stereocenters. The topological polar surface area (TPSA) is 65.2 Å². The van der Waals surface area contributed by atoms with Crippen LogP contribution in [0.3, 0.4) is 0 Å². The van der Waals surface area contributed by atoms with E-state index in [1.165, 1.54) is 27.8 Å². The van der Waals surface area contributed by atoms with Gasteiger partial charge in [0.15, 0.2) is 0 Å². The standard InChI is InChI=1S/C27H27N3O2S/c31-26(20-12-14-30(15-13-20)27(32)25-11-6-16-33-25)29-17-22(19-7-2-1-3-8-19)23-18-28-24-10-5-4-9-21(23)24/h1-11,16,18,20,22,28H,12-15,17H2,(H,29,31). The van der Waals surface area contributed by atoms with Crippen LogP contribution in [-0.4, -0.2) is 41.3 Å². The van der Waals surface area contributed by atoms with E-state index in [2.05, 4.69) is 40.8 Å². The van der Waals surface area contributed by atoms with Crippen molar-refractivity contribution in [3.8, 4) is 0 Å². The number of piperidine rings is 1. The maximum Gasteiger partial charge on any atom is 0.263 e. The maximum atomic E-state index is 13.1. The van der Waals surface area contributed by atoms with E-state index in [4.69, 9.17) is 0 Å². The van der Waals surface area contributed by atoms with E-state index < -0.39 is 0 Å². The predicted molar refractivity (Wildman–Crippen MR) is 133 cm³/mol. The van der Waals surface area contributed by atoms with Crippen LogP contribution in [0.25, 0.3) is 10.9 Å². The van der Waals surface area contributed by atoms with Gasteiger partial charge in [-0.15, -0.1) is 11.3 Å². The predicted octanol–water partition coefficient (Wildman–Crippen LogP) is 5.03. The molecule has 2 N–H and O–H groups in total. The fourth-order valence-corrected chi connectivity index (χ4v) is 5.41. The smallest absolute Gasteiger partial charge is 0.263 e. The van der Waals surface area contributed by atoms with E-state index in [0.29, 0.717) is 32.5 Å². The third kappa shape index (κ3) is 4.57. The molecule has 1 atom stereocenters. The summed E-state index contributed by atoms with van der Waals surface area (Å²) in [5, 5.41) is 6.32. The molecule has 1 aliphatic rings. The van der Waals surface area contributed by atoms with Gasteiger partial charge in [-0.25, -0.2) is 0 Å². The SMILES string of the molecule is O=C(NCC(c1ccccc1)c1c[nH]c2ccccc12)C1CCN(C(=O)c2cccs2)CC1. The lowest BCUT2D eigenvalue weighted by molar-refractivity contribution is -0.126. The summed E-state index contributed by atoms with van der Waals surface area (Å²) in [5.74, 6) is 0.162. The number of rotatable bonds is 6. The second-order valence-electron chi connectivity index (χ2n) is 8.54. The molecule has 168 valence electrons. The summed E-state index contributed by atoms with van der Waals surface area (Å²) in [7, 11) is 0. The normalized spacial score (nSPS) is 15.5. The molecular formula is C27H27N3O2S. The third-order valence-electron chi connectivity index (χ3n) is 6.56. The number of benzene rings is 2. The quantitative estimate of drug-likeness (QED) is 0.427.